The molecule has 1 aromatic rings. The van der Waals surface area contributed by atoms with Gasteiger partial charge in [-0.05, 0) is 31.1 Å². The van der Waals surface area contributed by atoms with E-state index in [4.69, 9.17) is 4.74 Å². The first-order chi connectivity index (χ1) is 14.7. The molecule has 2 aliphatic carbocycles. The molecule has 1 unspecified atom stereocenters. The highest BCUT2D eigenvalue weighted by Gasteiger charge is 2.46. The van der Waals surface area contributed by atoms with E-state index in [-0.39, 0.29) is 23.3 Å². The normalized spacial score (nSPS) is 21.0. The number of rotatable bonds is 9. The third kappa shape index (κ3) is 5.22. The molecule has 170 valence electrons. The van der Waals surface area contributed by atoms with Crippen LogP contribution in [0.1, 0.15) is 49.0 Å². The molecule has 3 fully saturated rings. The standard InChI is InChI=1S/C21H29F2N5O3/c1-27(2)20(30)15(8-13-4-3-5-13)25-18(29)16-9-24-17(28-11-21(22,23)12-28)19(26-16)31-10-14-6-7-14/h9,13-15H,3-8,10-12H2,1-2H3,(H,25,29). The van der Waals surface area contributed by atoms with E-state index in [0.29, 0.717) is 24.9 Å². The second-order valence-electron chi connectivity index (χ2n) is 9.14. The second-order valence-corrected chi connectivity index (χ2v) is 9.14. The third-order valence-corrected chi connectivity index (χ3v) is 6.09. The van der Waals surface area contributed by atoms with Crippen molar-refractivity contribution in [1.82, 2.24) is 20.2 Å². The number of carbonyl (C=O) groups is 2. The maximum absolute atomic E-state index is 13.3. The van der Waals surface area contributed by atoms with Crippen LogP contribution < -0.4 is 15.0 Å². The quantitative estimate of drug-likeness (QED) is 0.637. The van der Waals surface area contributed by atoms with Gasteiger partial charge in [0.1, 0.15) is 6.04 Å². The van der Waals surface area contributed by atoms with Gasteiger partial charge in [0.25, 0.3) is 17.7 Å². The molecule has 1 atom stereocenters. The minimum absolute atomic E-state index is 0.00648. The van der Waals surface area contributed by atoms with Crippen molar-refractivity contribution < 1.29 is 23.1 Å². The van der Waals surface area contributed by atoms with Gasteiger partial charge in [-0.2, -0.15) is 0 Å². The van der Waals surface area contributed by atoms with Gasteiger partial charge in [-0.15, -0.1) is 0 Å². The van der Waals surface area contributed by atoms with E-state index in [2.05, 4.69) is 15.3 Å². The van der Waals surface area contributed by atoms with Crippen molar-refractivity contribution in [2.45, 2.75) is 50.5 Å². The van der Waals surface area contributed by atoms with Crippen molar-refractivity contribution in [3.05, 3.63) is 11.9 Å². The van der Waals surface area contributed by atoms with Crippen LogP contribution in [0, 0.1) is 11.8 Å². The molecule has 0 aromatic carbocycles. The number of anilines is 1. The number of likely N-dealkylation sites (N-methyl/N-ethyl adjacent to an activating group) is 1. The minimum atomic E-state index is -2.76. The summed E-state index contributed by atoms with van der Waals surface area (Å²) in [6, 6.07) is -0.640. The summed E-state index contributed by atoms with van der Waals surface area (Å²) in [4.78, 5) is 36.8. The first kappa shape index (κ1) is 21.7. The molecular weight excluding hydrogens is 408 g/mol. The molecule has 8 nitrogen and oxygen atoms in total. The average molecular weight is 437 g/mol. The van der Waals surface area contributed by atoms with Gasteiger partial charge in [-0.1, -0.05) is 19.3 Å². The van der Waals surface area contributed by atoms with Crippen LogP contribution in [0.5, 0.6) is 5.88 Å². The molecule has 10 heteroatoms. The molecule has 1 aromatic heterocycles. The zero-order chi connectivity index (χ0) is 22.2. The molecule has 0 radical (unpaired) electrons. The fraction of sp³-hybridized carbons (Fsp3) is 0.714. The fourth-order valence-electron chi connectivity index (χ4n) is 3.76. The molecule has 3 aliphatic rings. The van der Waals surface area contributed by atoms with Gasteiger partial charge in [-0.25, -0.2) is 18.7 Å². The van der Waals surface area contributed by atoms with E-state index >= 15 is 0 Å². The summed E-state index contributed by atoms with van der Waals surface area (Å²) >= 11 is 0. The lowest BCUT2D eigenvalue weighted by molar-refractivity contribution is -0.131. The largest absolute Gasteiger partial charge is 0.475 e. The van der Waals surface area contributed by atoms with Crippen molar-refractivity contribution in [1.29, 1.82) is 0 Å². The number of hydrogen-bond donors (Lipinski definition) is 1. The molecule has 0 spiro atoms. The third-order valence-electron chi connectivity index (χ3n) is 6.09. The van der Waals surface area contributed by atoms with Crippen LogP contribution in [-0.2, 0) is 4.79 Å². The van der Waals surface area contributed by atoms with Crippen molar-refractivity contribution in [3.8, 4) is 5.88 Å². The van der Waals surface area contributed by atoms with Crippen LogP contribution in [0.4, 0.5) is 14.6 Å². The lowest BCUT2D eigenvalue weighted by Crippen LogP contribution is -2.56. The summed E-state index contributed by atoms with van der Waals surface area (Å²) in [6.07, 6.45) is 7.21. The van der Waals surface area contributed by atoms with Crippen molar-refractivity contribution in [3.63, 3.8) is 0 Å². The van der Waals surface area contributed by atoms with Crippen LogP contribution >= 0.6 is 0 Å². The van der Waals surface area contributed by atoms with E-state index in [1.807, 2.05) is 0 Å². The van der Waals surface area contributed by atoms with Crippen LogP contribution in [-0.4, -0.2) is 72.4 Å². The van der Waals surface area contributed by atoms with Gasteiger partial charge in [0.05, 0.1) is 25.9 Å². The predicted molar refractivity (Wildman–Crippen MR) is 109 cm³/mol. The van der Waals surface area contributed by atoms with Gasteiger partial charge in [0, 0.05) is 14.1 Å². The summed E-state index contributed by atoms with van der Waals surface area (Å²) in [5.41, 5.74) is 0.00648. The maximum Gasteiger partial charge on any atom is 0.282 e. The Hall–Kier alpha value is -2.52. The Bertz CT molecular complexity index is 834. The maximum atomic E-state index is 13.3. The Labute approximate surface area is 180 Å². The highest BCUT2D eigenvalue weighted by atomic mass is 19.3. The Morgan fingerprint density at radius 2 is 1.97 bits per heavy atom. The molecule has 2 heterocycles. The summed E-state index contributed by atoms with van der Waals surface area (Å²) in [7, 11) is 3.31. The molecule has 1 saturated heterocycles. The van der Waals surface area contributed by atoms with E-state index in [1.165, 1.54) is 16.0 Å². The van der Waals surface area contributed by atoms with Crippen molar-refractivity contribution in [2.24, 2.45) is 11.8 Å². The number of halogens is 2. The highest BCUT2D eigenvalue weighted by Crippen LogP contribution is 2.36. The van der Waals surface area contributed by atoms with E-state index < -0.39 is 31.0 Å². The number of amides is 2. The minimum Gasteiger partial charge on any atom is -0.475 e. The molecular formula is C21H29F2N5O3. The summed E-state index contributed by atoms with van der Waals surface area (Å²) in [6.45, 7) is -0.484. The van der Waals surface area contributed by atoms with Crippen LogP contribution in [0.3, 0.4) is 0 Å². The second kappa shape index (κ2) is 8.55. The SMILES string of the molecule is CN(C)C(=O)C(CC1CCC1)NC(=O)c1cnc(N2CC(F)(F)C2)c(OCC2CC2)n1. The smallest absolute Gasteiger partial charge is 0.282 e. The number of ether oxygens (including phenoxy) is 1. The number of nitrogens with zero attached hydrogens (tertiary/aromatic N) is 4. The molecule has 1 N–H and O–H groups in total. The number of alkyl halides is 2. The summed E-state index contributed by atoms with van der Waals surface area (Å²) in [5, 5.41) is 2.79. The number of aromatic nitrogens is 2. The van der Waals surface area contributed by atoms with Gasteiger partial charge in [-0.3, -0.25) is 9.59 Å². The fourth-order valence-corrected chi connectivity index (χ4v) is 3.76. The van der Waals surface area contributed by atoms with Gasteiger partial charge in [0.15, 0.2) is 11.5 Å². The highest BCUT2D eigenvalue weighted by molar-refractivity contribution is 5.96. The zero-order valence-electron chi connectivity index (χ0n) is 17.9. The molecule has 31 heavy (non-hydrogen) atoms. The Morgan fingerprint density at radius 1 is 1.26 bits per heavy atom. The molecule has 1 aliphatic heterocycles. The topological polar surface area (TPSA) is 87.7 Å². The van der Waals surface area contributed by atoms with Crippen molar-refractivity contribution in [2.75, 3.05) is 38.7 Å². The number of hydrogen-bond acceptors (Lipinski definition) is 6. The monoisotopic (exact) mass is 437 g/mol. The first-order valence-electron chi connectivity index (χ1n) is 10.9. The summed E-state index contributed by atoms with van der Waals surface area (Å²) in [5.74, 6) is -2.29. The van der Waals surface area contributed by atoms with Crippen LogP contribution in [0.2, 0.25) is 0 Å². The Kier molecular flexibility index (Phi) is 5.98. The van der Waals surface area contributed by atoms with Gasteiger partial charge in [0.2, 0.25) is 5.91 Å². The number of carbonyl (C=O) groups excluding carboxylic acids is 2. The zero-order valence-corrected chi connectivity index (χ0v) is 17.9. The molecule has 2 amide bonds. The molecule has 2 saturated carbocycles. The van der Waals surface area contributed by atoms with Crippen LogP contribution in [0.15, 0.2) is 6.20 Å². The molecule has 4 rings (SSSR count). The van der Waals surface area contributed by atoms with Crippen LogP contribution in [0.25, 0.3) is 0 Å². The predicted octanol–water partition coefficient (Wildman–Crippen LogP) is 2.10. The van der Waals surface area contributed by atoms with Gasteiger partial charge < -0.3 is 19.9 Å². The van der Waals surface area contributed by atoms with E-state index in [9.17, 15) is 18.4 Å². The summed E-state index contributed by atoms with van der Waals surface area (Å²) < 4.78 is 32.4. The van der Waals surface area contributed by atoms with Crippen molar-refractivity contribution >= 4 is 17.6 Å². The first-order valence-corrected chi connectivity index (χ1v) is 10.9. The van der Waals surface area contributed by atoms with E-state index in [0.717, 1.165) is 32.1 Å². The number of nitrogens with one attached hydrogen (secondary N) is 1. The molecule has 0 bridgehead atoms. The lowest BCUT2D eigenvalue weighted by Gasteiger charge is -2.39. The Balaban J connectivity index is 1.49. The van der Waals surface area contributed by atoms with Gasteiger partial charge >= 0.3 is 0 Å². The average Bonchev–Trinajstić information content (AvgIpc) is 3.49. The Morgan fingerprint density at radius 3 is 2.52 bits per heavy atom. The van der Waals surface area contributed by atoms with E-state index in [1.54, 1.807) is 14.1 Å². The lowest BCUT2D eigenvalue weighted by atomic mass is 9.80.